The van der Waals surface area contributed by atoms with E-state index in [2.05, 4.69) is 23.5 Å². The van der Waals surface area contributed by atoms with Gasteiger partial charge in [0.15, 0.2) is 6.61 Å². The average Bonchev–Trinajstić information content (AvgIpc) is 2.50. The number of nitrogens with one attached hydrogen (secondary N) is 1. The summed E-state index contributed by atoms with van der Waals surface area (Å²) in [4.78, 5) is 11.7. The second-order valence-corrected chi connectivity index (χ2v) is 5.33. The number of benzene rings is 2. The fraction of sp³-hybridized carbons (Fsp3) is 0.222. The molecule has 0 radical (unpaired) electrons. The lowest BCUT2D eigenvalue weighted by Crippen LogP contribution is -2.24. The summed E-state index contributed by atoms with van der Waals surface area (Å²) in [5, 5.41) is 3.92. The van der Waals surface area contributed by atoms with Crippen molar-refractivity contribution in [3.63, 3.8) is 0 Å². The molecule has 0 fully saturated rings. The predicted molar refractivity (Wildman–Crippen MR) is 88.3 cm³/mol. The number of hydrogen-bond acceptors (Lipinski definition) is 3. The summed E-state index contributed by atoms with van der Waals surface area (Å²) < 4.78 is 18.2. The van der Waals surface area contributed by atoms with Crippen LogP contribution in [0.5, 0.6) is 5.75 Å². The number of rotatable bonds is 5. The van der Waals surface area contributed by atoms with Crippen LogP contribution in [0.25, 0.3) is 0 Å². The normalized spacial score (nSPS) is 10.8. The number of aryl methyl sites for hydroxylation is 3. The monoisotopic (exact) mass is 314 g/mol. The zero-order valence-electron chi connectivity index (χ0n) is 13.4. The molecule has 2 aromatic rings. The van der Waals surface area contributed by atoms with E-state index in [9.17, 15) is 9.18 Å². The molecule has 0 unspecified atom stereocenters. The Morgan fingerprint density at radius 1 is 1.17 bits per heavy atom. The molecule has 2 rings (SSSR count). The summed E-state index contributed by atoms with van der Waals surface area (Å²) >= 11 is 0. The van der Waals surface area contributed by atoms with Crippen molar-refractivity contribution in [1.29, 1.82) is 0 Å². The van der Waals surface area contributed by atoms with Gasteiger partial charge in [-0.05, 0) is 61.2 Å². The molecule has 2 aromatic carbocycles. The Morgan fingerprint density at radius 2 is 1.91 bits per heavy atom. The molecule has 0 bridgehead atoms. The minimum absolute atomic E-state index is 0.229. The molecule has 0 spiro atoms. The van der Waals surface area contributed by atoms with Crippen LogP contribution >= 0.6 is 0 Å². The highest BCUT2D eigenvalue weighted by molar-refractivity contribution is 5.84. The zero-order valence-corrected chi connectivity index (χ0v) is 13.4. The van der Waals surface area contributed by atoms with Crippen LogP contribution in [0.4, 0.5) is 4.39 Å². The van der Waals surface area contributed by atoms with Crippen LogP contribution in [0, 0.1) is 26.6 Å². The van der Waals surface area contributed by atoms with Crippen LogP contribution in [0.3, 0.4) is 0 Å². The quantitative estimate of drug-likeness (QED) is 0.680. The summed E-state index contributed by atoms with van der Waals surface area (Å²) in [6, 6.07) is 9.72. The standard InChI is InChI=1S/C18H19FN2O2/c1-12-7-14(3)15(8-13(12)2)10-20-21-18(22)11-23-17-6-4-5-16(19)9-17/h4-10H,11H2,1-3H3,(H,21,22)/b20-10-. The Morgan fingerprint density at radius 3 is 2.65 bits per heavy atom. The lowest BCUT2D eigenvalue weighted by Gasteiger charge is -2.06. The Kier molecular flexibility index (Phi) is 5.46. The number of amides is 1. The van der Waals surface area contributed by atoms with Crippen molar-refractivity contribution < 1.29 is 13.9 Å². The molecule has 0 saturated heterocycles. The lowest BCUT2D eigenvalue weighted by molar-refractivity contribution is -0.123. The third-order valence-electron chi connectivity index (χ3n) is 3.44. The molecule has 0 aliphatic heterocycles. The van der Waals surface area contributed by atoms with E-state index in [0.717, 1.165) is 16.7 Å². The summed E-state index contributed by atoms with van der Waals surface area (Å²) in [5.41, 5.74) is 6.80. The highest BCUT2D eigenvalue weighted by Gasteiger charge is 2.03. The van der Waals surface area contributed by atoms with E-state index in [4.69, 9.17) is 4.74 Å². The first-order valence-electron chi connectivity index (χ1n) is 7.24. The van der Waals surface area contributed by atoms with Crippen molar-refractivity contribution in [3.8, 4) is 5.75 Å². The molecule has 4 nitrogen and oxygen atoms in total. The van der Waals surface area contributed by atoms with Gasteiger partial charge in [-0.1, -0.05) is 12.1 Å². The third kappa shape index (κ3) is 4.92. The van der Waals surface area contributed by atoms with Crippen molar-refractivity contribution in [1.82, 2.24) is 5.43 Å². The van der Waals surface area contributed by atoms with E-state index in [1.54, 1.807) is 12.3 Å². The van der Waals surface area contributed by atoms with Crippen LogP contribution in [-0.2, 0) is 4.79 Å². The SMILES string of the molecule is Cc1cc(C)c(/C=N\NC(=O)COc2cccc(F)c2)cc1C. The first-order valence-corrected chi connectivity index (χ1v) is 7.24. The van der Waals surface area contributed by atoms with Crippen LogP contribution in [-0.4, -0.2) is 18.7 Å². The van der Waals surface area contributed by atoms with Crippen molar-refractivity contribution in [2.45, 2.75) is 20.8 Å². The average molecular weight is 314 g/mol. The van der Waals surface area contributed by atoms with Crippen molar-refractivity contribution in [3.05, 3.63) is 64.5 Å². The maximum atomic E-state index is 13.0. The molecule has 0 aliphatic carbocycles. The molecule has 0 atom stereocenters. The number of hydrogen-bond donors (Lipinski definition) is 1. The van der Waals surface area contributed by atoms with Crippen molar-refractivity contribution >= 4 is 12.1 Å². The van der Waals surface area contributed by atoms with E-state index >= 15 is 0 Å². The third-order valence-corrected chi connectivity index (χ3v) is 3.44. The second-order valence-electron chi connectivity index (χ2n) is 5.33. The van der Waals surface area contributed by atoms with Crippen molar-refractivity contribution in [2.24, 2.45) is 5.10 Å². The number of carbonyl (C=O) groups excluding carboxylic acids is 1. The van der Waals surface area contributed by atoms with Gasteiger partial charge in [0.25, 0.3) is 5.91 Å². The number of ether oxygens (including phenoxy) is 1. The first-order chi connectivity index (χ1) is 11.0. The number of hydrazone groups is 1. The first kappa shape index (κ1) is 16.7. The molecule has 23 heavy (non-hydrogen) atoms. The highest BCUT2D eigenvalue weighted by Crippen LogP contribution is 2.13. The van der Waals surface area contributed by atoms with E-state index in [1.807, 2.05) is 19.9 Å². The molecule has 1 N–H and O–H groups in total. The van der Waals surface area contributed by atoms with Gasteiger partial charge in [-0.2, -0.15) is 5.10 Å². The smallest absolute Gasteiger partial charge is 0.277 e. The zero-order chi connectivity index (χ0) is 16.8. The highest BCUT2D eigenvalue weighted by atomic mass is 19.1. The molecule has 0 aromatic heterocycles. The summed E-state index contributed by atoms with van der Waals surface area (Å²) in [6.07, 6.45) is 1.60. The number of nitrogens with zero attached hydrogens (tertiary/aromatic N) is 1. The molecule has 0 aliphatic rings. The minimum atomic E-state index is -0.411. The molecular formula is C18H19FN2O2. The van der Waals surface area contributed by atoms with Crippen LogP contribution in [0.2, 0.25) is 0 Å². The molecule has 5 heteroatoms. The van der Waals surface area contributed by atoms with Crippen LogP contribution in [0.1, 0.15) is 22.3 Å². The van der Waals surface area contributed by atoms with Gasteiger partial charge in [-0.3, -0.25) is 4.79 Å². The summed E-state index contributed by atoms with van der Waals surface area (Å²) in [6.45, 7) is 5.84. The van der Waals surface area contributed by atoms with Gasteiger partial charge in [0.1, 0.15) is 11.6 Å². The maximum Gasteiger partial charge on any atom is 0.277 e. The van der Waals surface area contributed by atoms with Crippen LogP contribution in [0.15, 0.2) is 41.5 Å². The Hall–Kier alpha value is -2.69. The Labute approximate surface area is 135 Å². The fourth-order valence-corrected chi connectivity index (χ4v) is 2.03. The van der Waals surface area contributed by atoms with E-state index in [1.165, 1.54) is 23.8 Å². The Bertz CT molecular complexity index is 742. The van der Waals surface area contributed by atoms with Gasteiger partial charge in [0, 0.05) is 6.07 Å². The second kappa shape index (κ2) is 7.54. The van der Waals surface area contributed by atoms with Gasteiger partial charge in [-0.25, -0.2) is 9.82 Å². The summed E-state index contributed by atoms with van der Waals surface area (Å²) in [5.74, 6) is -0.521. The predicted octanol–water partition coefficient (Wildman–Crippen LogP) is 3.28. The number of carbonyl (C=O) groups is 1. The van der Waals surface area contributed by atoms with Gasteiger partial charge < -0.3 is 4.74 Å². The van der Waals surface area contributed by atoms with Gasteiger partial charge >= 0.3 is 0 Å². The van der Waals surface area contributed by atoms with Crippen LogP contribution < -0.4 is 10.2 Å². The topological polar surface area (TPSA) is 50.7 Å². The van der Waals surface area contributed by atoms with Crippen molar-refractivity contribution in [2.75, 3.05) is 6.61 Å². The van der Waals surface area contributed by atoms with Gasteiger partial charge in [-0.15, -0.1) is 0 Å². The molecular weight excluding hydrogens is 295 g/mol. The molecule has 0 heterocycles. The van der Waals surface area contributed by atoms with Gasteiger partial charge in [0.05, 0.1) is 6.21 Å². The lowest BCUT2D eigenvalue weighted by atomic mass is 10.0. The van der Waals surface area contributed by atoms with E-state index < -0.39 is 11.7 Å². The molecule has 120 valence electrons. The molecule has 0 saturated carbocycles. The fourth-order valence-electron chi connectivity index (χ4n) is 2.03. The van der Waals surface area contributed by atoms with E-state index in [0.29, 0.717) is 5.75 Å². The molecule has 1 amide bonds. The summed E-state index contributed by atoms with van der Waals surface area (Å²) in [7, 11) is 0. The van der Waals surface area contributed by atoms with Gasteiger partial charge in [0.2, 0.25) is 0 Å². The maximum absolute atomic E-state index is 13.0. The van der Waals surface area contributed by atoms with E-state index in [-0.39, 0.29) is 6.61 Å². The Balaban J connectivity index is 1.88. The minimum Gasteiger partial charge on any atom is -0.484 e. The number of halogens is 1. The largest absolute Gasteiger partial charge is 0.484 e.